The summed E-state index contributed by atoms with van der Waals surface area (Å²) in [7, 11) is 0. The van der Waals surface area contributed by atoms with Gasteiger partial charge in [0.25, 0.3) is 0 Å². The number of alkyl carbamates (subject to hydrolysis) is 1. The fourth-order valence-electron chi connectivity index (χ4n) is 1.76. The first-order valence-electron chi connectivity index (χ1n) is 5.86. The molecule has 2 unspecified atom stereocenters. The molecular formula is C12H21NO3S. The van der Waals surface area contributed by atoms with Gasteiger partial charge in [0.05, 0.1) is 0 Å². The summed E-state index contributed by atoms with van der Waals surface area (Å²) >= 11 is 1.73. The van der Waals surface area contributed by atoms with Crippen molar-refractivity contribution in [2.24, 2.45) is 0 Å². The van der Waals surface area contributed by atoms with Crippen molar-refractivity contribution in [3.05, 3.63) is 0 Å². The van der Waals surface area contributed by atoms with Crippen LogP contribution in [0.25, 0.3) is 0 Å². The molecule has 5 heteroatoms. The molecule has 4 nitrogen and oxygen atoms in total. The van der Waals surface area contributed by atoms with Gasteiger partial charge in [-0.15, -0.1) is 0 Å². The number of thioether (sulfide) groups is 1. The summed E-state index contributed by atoms with van der Waals surface area (Å²) < 4.78 is 5.18. The third-order valence-electron chi connectivity index (χ3n) is 2.61. The molecule has 1 aliphatic heterocycles. The maximum atomic E-state index is 11.7. The van der Waals surface area contributed by atoms with Gasteiger partial charge >= 0.3 is 6.09 Å². The third kappa shape index (κ3) is 4.22. The van der Waals surface area contributed by atoms with Crippen molar-refractivity contribution in [1.29, 1.82) is 0 Å². The second-order valence-corrected chi connectivity index (χ2v) is 6.84. The molecule has 1 amide bonds. The molecule has 0 aromatic heterocycles. The number of hydrogen-bond acceptors (Lipinski definition) is 4. The van der Waals surface area contributed by atoms with Gasteiger partial charge in [-0.3, -0.25) is 0 Å². The van der Waals surface area contributed by atoms with Crippen LogP contribution in [0.2, 0.25) is 0 Å². The lowest BCUT2D eigenvalue weighted by molar-refractivity contribution is -0.112. The Labute approximate surface area is 107 Å². The van der Waals surface area contributed by atoms with E-state index in [1.807, 2.05) is 0 Å². The second-order valence-electron chi connectivity index (χ2n) is 5.53. The van der Waals surface area contributed by atoms with Gasteiger partial charge in [0.15, 0.2) is 0 Å². The Morgan fingerprint density at radius 3 is 2.47 bits per heavy atom. The smallest absolute Gasteiger partial charge is 0.408 e. The molecule has 0 saturated carbocycles. The van der Waals surface area contributed by atoms with Crippen LogP contribution in [0.3, 0.4) is 0 Å². The Morgan fingerprint density at radius 1 is 1.41 bits per heavy atom. The van der Waals surface area contributed by atoms with E-state index in [4.69, 9.17) is 4.74 Å². The number of aldehydes is 1. The van der Waals surface area contributed by atoms with E-state index in [-0.39, 0.29) is 5.25 Å². The first kappa shape index (κ1) is 14.4. The predicted octanol–water partition coefficient (Wildman–Crippen LogP) is 2.36. The molecule has 1 fully saturated rings. The molecule has 0 aromatic carbocycles. The van der Waals surface area contributed by atoms with Gasteiger partial charge in [-0.1, -0.05) is 0 Å². The minimum absolute atomic E-state index is 0.146. The fraction of sp³-hybridized carbons (Fsp3) is 0.833. The first-order valence-corrected chi connectivity index (χ1v) is 6.91. The van der Waals surface area contributed by atoms with Crippen LogP contribution in [0.1, 0.15) is 40.5 Å². The number of carbonyl (C=O) groups is 2. The topological polar surface area (TPSA) is 55.4 Å². The quantitative estimate of drug-likeness (QED) is 0.791. The van der Waals surface area contributed by atoms with Crippen LogP contribution in [-0.2, 0) is 9.53 Å². The van der Waals surface area contributed by atoms with Crippen molar-refractivity contribution in [2.45, 2.75) is 56.9 Å². The molecule has 1 saturated heterocycles. The zero-order valence-corrected chi connectivity index (χ0v) is 11.7. The molecule has 0 aliphatic carbocycles. The molecule has 0 spiro atoms. The lowest BCUT2D eigenvalue weighted by Crippen LogP contribution is -2.55. The molecule has 0 bridgehead atoms. The van der Waals surface area contributed by atoms with Crippen LogP contribution < -0.4 is 5.32 Å². The molecule has 98 valence electrons. The van der Waals surface area contributed by atoms with Crippen LogP contribution in [0.15, 0.2) is 0 Å². The van der Waals surface area contributed by atoms with E-state index in [0.29, 0.717) is 0 Å². The van der Waals surface area contributed by atoms with Gasteiger partial charge in [0.1, 0.15) is 17.4 Å². The molecule has 1 rings (SSSR count). The highest BCUT2D eigenvalue weighted by molar-refractivity contribution is 8.00. The molecule has 1 aliphatic rings. The van der Waals surface area contributed by atoms with Crippen LogP contribution in [0.4, 0.5) is 4.79 Å². The maximum Gasteiger partial charge on any atom is 0.408 e. The lowest BCUT2D eigenvalue weighted by atomic mass is 9.96. The van der Waals surface area contributed by atoms with E-state index in [9.17, 15) is 9.59 Å². The fourth-order valence-corrected chi connectivity index (χ4v) is 3.17. The Morgan fingerprint density at radius 2 is 2.06 bits per heavy atom. The Hall–Kier alpha value is -0.710. The molecule has 17 heavy (non-hydrogen) atoms. The lowest BCUT2D eigenvalue weighted by Gasteiger charge is -2.31. The summed E-state index contributed by atoms with van der Waals surface area (Å²) in [6.45, 7) is 7.16. The SMILES string of the molecule is CC(C)(C)OC(=O)NC(C)(C=O)C1CCCS1. The standard InChI is InChI=1S/C12H21NO3S/c1-11(2,3)16-10(15)13-12(4,8-14)9-6-5-7-17-9/h8-9H,5-7H2,1-4H3,(H,13,15). The van der Waals surface area contributed by atoms with E-state index in [0.717, 1.165) is 24.9 Å². The highest BCUT2D eigenvalue weighted by atomic mass is 32.2. The number of carbonyl (C=O) groups excluding carboxylic acids is 2. The minimum atomic E-state index is -0.830. The monoisotopic (exact) mass is 259 g/mol. The summed E-state index contributed by atoms with van der Waals surface area (Å²) in [5, 5.41) is 2.84. The zero-order valence-electron chi connectivity index (χ0n) is 10.9. The van der Waals surface area contributed by atoms with Gasteiger partial charge < -0.3 is 14.8 Å². The van der Waals surface area contributed by atoms with Crippen LogP contribution >= 0.6 is 11.8 Å². The van der Waals surface area contributed by atoms with E-state index < -0.39 is 17.2 Å². The highest BCUT2D eigenvalue weighted by Gasteiger charge is 2.38. The van der Waals surface area contributed by atoms with Gasteiger partial charge in [0, 0.05) is 5.25 Å². The average molecular weight is 259 g/mol. The molecular weight excluding hydrogens is 238 g/mol. The van der Waals surface area contributed by atoms with Crippen LogP contribution in [0.5, 0.6) is 0 Å². The summed E-state index contributed by atoms with van der Waals surface area (Å²) in [5.41, 5.74) is -1.37. The van der Waals surface area contributed by atoms with Crippen molar-refractivity contribution in [2.75, 3.05) is 5.75 Å². The maximum absolute atomic E-state index is 11.7. The van der Waals surface area contributed by atoms with Crippen molar-refractivity contribution >= 4 is 24.1 Å². The summed E-state index contributed by atoms with van der Waals surface area (Å²) in [5.74, 6) is 1.05. The predicted molar refractivity (Wildman–Crippen MR) is 69.3 cm³/mol. The van der Waals surface area contributed by atoms with Gasteiger partial charge in [-0.05, 0) is 46.3 Å². The normalized spacial score (nSPS) is 23.9. The summed E-state index contributed by atoms with van der Waals surface area (Å²) in [6, 6.07) is 0. The molecule has 0 radical (unpaired) electrons. The molecule has 0 aromatic rings. The van der Waals surface area contributed by atoms with Crippen molar-refractivity contribution in [1.82, 2.24) is 5.32 Å². The van der Waals surface area contributed by atoms with Crippen molar-refractivity contribution in [3.63, 3.8) is 0 Å². The number of ether oxygens (including phenoxy) is 1. The number of hydrogen-bond donors (Lipinski definition) is 1. The van der Waals surface area contributed by atoms with Crippen LogP contribution in [-0.4, -0.2) is 34.5 Å². The van der Waals surface area contributed by atoms with Crippen molar-refractivity contribution < 1.29 is 14.3 Å². The zero-order chi connectivity index (χ0) is 13.1. The second kappa shape index (κ2) is 5.29. The minimum Gasteiger partial charge on any atom is -0.444 e. The summed E-state index contributed by atoms with van der Waals surface area (Å²) in [6.07, 6.45) is 2.34. The largest absolute Gasteiger partial charge is 0.444 e. The number of rotatable bonds is 3. The first-order chi connectivity index (χ1) is 7.77. The molecule has 1 heterocycles. The van der Waals surface area contributed by atoms with Gasteiger partial charge in [-0.25, -0.2) is 4.79 Å². The number of nitrogens with one attached hydrogen (secondary N) is 1. The Kier molecular flexibility index (Phi) is 4.47. The van der Waals surface area contributed by atoms with Crippen molar-refractivity contribution in [3.8, 4) is 0 Å². The van der Waals surface area contributed by atoms with E-state index in [2.05, 4.69) is 5.32 Å². The molecule has 2 atom stereocenters. The molecule has 1 N–H and O–H groups in total. The van der Waals surface area contributed by atoms with Crippen LogP contribution in [0, 0.1) is 0 Å². The van der Waals surface area contributed by atoms with E-state index in [1.165, 1.54) is 0 Å². The Balaban J connectivity index is 2.62. The van der Waals surface area contributed by atoms with E-state index in [1.54, 1.807) is 39.5 Å². The number of amides is 1. The summed E-state index contributed by atoms with van der Waals surface area (Å²) in [4.78, 5) is 22.9. The third-order valence-corrected chi connectivity index (χ3v) is 4.27. The van der Waals surface area contributed by atoms with Gasteiger partial charge in [0.2, 0.25) is 0 Å². The Bertz CT molecular complexity index is 295. The van der Waals surface area contributed by atoms with Gasteiger partial charge in [-0.2, -0.15) is 11.8 Å². The van der Waals surface area contributed by atoms with E-state index >= 15 is 0 Å². The average Bonchev–Trinajstić information content (AvgIpc) is 2.67. The highest BCUT2D eigenvalue weighted by Crippen LogP contribution is 2.33.